The molecule has 11 nitrogen and oxygen atoms in total. The average molecular weight is 673 g/mol. The zero-order valence-corrected chi connectivity index (χ0v) is 27.0. The maximum Gasteiger partial charge on any atom is 0.410 e. The van der Waals surface area contributed by atoms with Crippen molar-refractivity contribution in [3.63, 3.8) is 0 Å². The predicted molar refractivity (Wildman–Crippen MR) is 172 cm³/mol. The van der Waals surface area contributed by atoms with Crippen LogP contribution in [0.5, 0.6) is 11.6 Å². The number of fused-ring (bicyclic) bond motifs is 1. The molecule has 0 unspecified atom stereocenters. The molecule has 250 valence electrons. The maximum atomic E-state index is 12.8. The SMILES string of the molecule is C[C@@H]1C[C@H](Nc2nccc(-c3cccnc3Oc3ccc(NS(=O)(=O)CC(F)(F)F)c4ccccc34)n2)CN(C(=O)OC(C)(C)C)C1. The van der Waals surface area contributed by atoms with Crippen LogP contribution < -0.4 is 14.8 Å². The third kappa shape index (κ3) is 8.99. The number of nitrogens with zero attached hydrogens (tertiary/aromatic N) is 4. The number of rotatable bonds is 8. The van der Waals surface area contributed by atoms with Gasteiger partial charge in [-0.3, -0.25) is 4.72 Å². The number of sulfonamides is 1. The van der Waals surface area contributed by atoms with Crippen molar-refractivity contribution < 1.29 is 35.9 Å². The molecule has 5 rings (SSSR count). The molecule has 2 atom stereocenters. The molecular formula is C32H35F3N6O5S. The Balaban J connectivity index is 1.38. The molecule has 47 heavy (non-hydrogen) atoms. The molecule has 1 fully saturated rings. The topological polar surface area (TPSA) is 136 Å². The van der Waals surface area contributed by atoms with Crippen LogP contribution in [0.15, 0.2) is 67.0 Å². The quantitative estimate of drug-likeness (QED) is 0.206. The predicted octanol–water partition coefficient (Wildman–Crippen LogP) is 6.85. The Hall–Kier alpha value is -4.66. The molecule has 1 amide bonds. The van der Waals surface area contributed by atoms with E-state index in [1.807, 2.05) is 25.5 Å². The second kappa shape index (κ2) is 13.2. The van der Waals surface area contributed by atoms with Crippen molar-refractivity contribution in [2.75, 3.05) is 28.9 Å². The van der Waals surface area contributed by atoms with Crippen molar-refractivity contribution in [2.45, 2.75) is 51.9 Å². The van der Waals surface area contributed by atoms with Crippen molar-refractivity contribution in [2.24, 2.45) is 5.92 Å². The fourth-order valence-electron chi connectivity index (χ4n) is 5.33. The van der Waals surface area contributed by atoms with Gasteiger partial charge in [0.2, 0.25) is 21.9 Å². The van der Waals surface area contributed by atoms with Gasteiger partial charge < -0.3 is 19.7 Å². The van der Waals surface area contributed by atoms with Crippen LogP contribution in [0.4, 0.5) is 29.6 Å². The molecule has 2 aromatic heterocycles. The van der Waals surface area contributed by atoms with Crippen molar-refractivity contribution in [3.05, 3.63) is 67.0 Å². The summed E-state index contributed by atoms with van der Waals surface area (Å²) in [6.07, 6.45) is -1.34. The number of amides is 1. The van der Waals surface area contributed by atoms with Crippen molar-refractivity contribution >= 4 is 38.5 Å². The highest BCUT2D eigenvalue weighted by molar-refractivity contribution is 7.92. The smallest absolute Gasteiger partial charge is 0.410 e. The number of nitrogens with one attached hydrogen (secondary N) is 2. The number of anilines is 2. The number of carbonyl (C=O) groups excluding carboxylic acids is 1. The zero-order chi connectivity index (χ0) is 34.0. The first-order valence-electron chi connectivity index (χ1n) is 14.8. The van der Waals surface area contributed by atoms with Gasteiger partial charge in [-0.05, 0) is 63.4 Å². The summed E-state index contributed by atoms with van der Waals surface area (Å²) in [4.78, 5) is 27.9. The molecule has 0 radical (unpaired) electrons. The van der Waals surface area contributed by atoms with Gasteiger partial charge in [0.05, 0.1) is 16.9 Å². The van der Waals surface area contributed by atoms with Crippen LogP contribution in [0.3, 0.4) is 0 Å². The lowest BCUT2D eigenvalue weighted by Gasteiger charge is -2.37. The fourth-order valence-corrected chi connectivity index (χ4v) is 6.35. The first-order valence-corrected chi connectivity index (χ1v) is 16.5. The Morgan fingerprint density at radius 1 is 0.979 bits per heavy atom. The van der Waals surface area contributed by atoms with Gasteiger partial charge in [-0.1, -0.05) is 31.2 Å². The second-order valence-electron chi connectivity index (χ2n) is 12.4. The van der Waals surface area contributed by atoms with Crippen LogP contribution in [-0.2, 0) is 14.8 Å². The zero-order valence-electron chi connectivity index (χ0n) is 26.2. The summed E-state index contributed by atoms with van der Waals surface area (Å²) in [6.45, 7) is 8.55. The van der Waals surface area contributed by atoms with Gasteiger partial charge in [0.1, 0.15) is 11.4 Å². The van der Waals surface area contributed by atoms with Crippen molar-refractivity contribution in [1.29, 1.82) is 0 Å². The molecule has 0 aliphatic carbocycles. The van der Waals surface area contributed by atoms with Crippen LogP contribution >= 0.6 is 0 Å². The lowest BCUT2D eigenvalue weighted by Crippen LogP contribution is -2.49. The monoisotopic (exact) mass is 672 g/mol. The number of benzene rings is 2. The summed E-state index contributed by atoms with van der Waals surface area (Å²) in [7, 11) is -4.71. The molecule has 2 N–H and O–H groups in total. The van der Waals surface area contributed by atoms with Crippen LogP contribution in [-0.4, -0.2) is 71.0 Å². The Labute approximate surface area is 270 Å². The number of pyridine rings is 1. The summed E-state index contributed by atoms with van der Waals surface area (Å²) in [5.41, 5.74) is 0.403. The number of hydrogen-bond acceptors (Lipinski definition) is 9. The van der Waals surface area contributed by atoms with Gasteiger partial charge in [-0.15, -0.1) is 0 Å². The number of carbonyl (C=O) groups is 1. The van der Waals surface area contributed by atoms with E-state index >= 15 is 0 Å². The molecule has 2 aromatic carbocycles. The molecule has 1 aliphatic rings. The number of aromatic nitrogens is 3. The number of piperidine rings is 1. The molecule has 15 heteroatoms. The molecule has 1 aliphatic heterocycles. The highest BCUT2D eigenvalue weighted by Crippen LogP contribution is 2.37. The van der Waals surface area contributed by atoms with Crippen molar-refractivity contribution in [1.82, 2.24) is 19.9 Å². The molecule has 3 heterocycles. The summed E-state index contributed by atoms with van der Waals surface area (Å²) >= 11 is 0. The van der Waals surface area contributed by atoms with E-state index in [4.69, 9.17) is 14.5 Å². The third-order valence-corrected chi connectivity index (χ3v) is 8.30. The van der Waals surface area contributed by atoms with Crippen LogP contribution in [0.2, 0.25) is 0 Å². The molecule has 0 saturated carbocycles. The third-order valence-electron chi connectivity index (χ3n) is 7.06. The highest BCUT2D eigenvalue weighted by atomic mass is 32.2. The standard InChI is InChI=1S/C32H35F3N6O5S/c1-20-16-21(18-41(17-20)30(42)46-31(2,3)4)38-29-37-15-13-25(39-29)24-10-7-14-36-28(24)45-27-12-11-26(22-8-5-6-9-23(22)27)40-47(43,44)19-32(33,34)35/h5-15,20-21,40H,16-19H2,1-4H3,(H,37,38,39)/t20-,21+/m1/s1. The van der Waals surface area contributed by atoms with Gasteiger partial charge in [0.15, 0.2) is 5.75 Å². The minimum atomic E-state index is -4.90. The van der Waals surface area contributed by atoms with Gasteiger partial charge in [-0.2, -0.15) is 13.2 Å². The molecule has 0 spiro atoms. The maximum absolute atomic E-state index is 12.8. The summed E-state index contributed by atoms with van der Waals surface area (Å²) in [6, 6.07) is 14.4. The number of halogens is 3. The van der Waals surface area contributed by atoms with E-state index in [-0.39, 0.29) is 29.6 Å². The lowest BCUT2D eigenvalue weighted by molar-refractivity contribution is -0.106. The summed E-state index contributed by atoms with van der Waals surface area (Å²) in [5.74, 6) is -0.959. The van der Waals surface area contributed by atoms with Gasteiger partial charge in [0.25, 0.3) is 0 Å². The second-order valence-corrected chi connectivity index (χ2v) is 14.1. The minimum absolute atomic E-state index is 0.0211. The van der Waals surface area contributed by atoms with Gasteiger partial charge >= 0.3 is 12.3 Å². The fraction of sp³-hybridized carbons (Fsp3) is 0.375. The van der Waals surface area contributed by atoms with E-state index in [9.17, 15) is 26.4 Å². The largest absolute Gasteiger partial charge is 0.444 e. The van der Waals surface area contributed by atoms with E-state index in [0.717, 1.165) is 6.42 Å². The summed E-state index contributed by atoms with van der Waals surface area (Å²) in [5, 5.41) is 4.13. The van der Waals surface area contributed by atoms with Crippen LogP contribution in [0, 0.1) is 5.92 Å². The van der Waals surface area contributed by atoms with Crippen molar-refractivity contribution in [3.8, 4) is 22.9 Å². The number of ether oxygens (including phenoxy) is 2. The van der Waals surface area contributed by atoms with Crippen LogP contribution in [0.1, 0.15) is 34.1 Å². The first kappa shape index (κ1) is 33.7. The number of alkyl halides is 3. The Kier molecular flexibility index (Phi) is 9.48. The van der Waals surface area contributed by atoms with E-state index in [2.05, 4.69) is 22.2 Å². The number of hydrogen-bond donors (Lipinski definition) is 2. The molecule has 4 aromatic rings. The minimum Gasteiger partial charge on any atom is -0.444 e. The van der Waals surface area contributed by atoms with Gasteiger partial charge in [0, 0.05) is 42.3 Å². The average Bonchev–Trinajstić information content (AvgIpc) is 2.96. The normalized spacial score (nSPS) is 17.3. The molecular weight excluding hydrogens is 637 g/mol. The lowest BCUT2D eigenvalue weighted by atomic mass is 9.96. The van der Waals surface area contributed by atoms with Crippen LogP contribution in [0.25, 0.3) is 22.0 Å². The number of likely N-dealkylation sites (tertiary alicyclic amines) is 1. The van der Waals surface area contributed by atoms with Gasteiger partial charge in [-0.25, -0.2) is 28.2 Å². The Morgan fingerprint density at radius 3 is 2.45 bits per heavy atom. The Morgan fingerprint density at radius 2 is 1.72 bits per heavy atom. The highest BCUT2D eigenvalue weighted by Gasteiger charge is 2.35. The van der Waals surface area contributed by atoms with E-state index < -0.39 is 27.6 Å². The molecule has 0 bridgehead atoms. The summed E-state index contributed by atoms with van der Waals surface area (Å²) < 4.78 is 76.7. The van der Waals surface area contributed by atoms with E-state index in [0.29, 0.717) is 46.8 Å². The van der Waals surface area contributed by atoms with E-state index in [1.165, 1.54) is 18.3 Å². The first-order chi connectivity index (χ1) is 22.1. The van der Waals surface area contributed by atoms with E-state index in [1.54, 1.807) is 53.6 Å². The molecule has 1 saturated heterocycles. The Bertz CT molecular complexity index is 1870.